The fourth-order valence-corrected chi connectivity index (χ4v) is 3.63. The summed E-state index contributed by atoms with van der Waals surface area (Å²) >= 11 is 0. The summed E-state index contributed by atoms with van der Waals surface area (Å²) in [6, 6.07) is 12.6. The number of hydrogen-bond donors (Lipinski definition) is 1. The molecule has 6 nitrogen and oxygen atoms in total. The Bertz CT molecular complexity index is 827. The molecule has 2 rings (SSSR count). The lowest BCUT2D eigenvalue weighted by Gasteiger charge is -2.09. The predicted molar refractivity (Wildman–Crippen MR) is 97.8 cm³/mol. The van der Waals surface area contributed by atoms with E-state index in [1.165, 1.54) is 24.3 Å². The minimum atomic E-state index is -3.62. The van der Waals surface area contributed by atoms with Gasteiger partial charge in [-0.3, -0.25) is 0 Å². The number of ether oxygens (including phenoxy) is 2. The Labute approximate surface area is 153 Å². The van der Waals surface area contributed by atoms with E-state index in [2.05, 4.69) is 0 Å². The third-order valence-electron chi connectivity index (χ3n) is 3.59. The molecule has 7 heteroatoms. The minimum absolute atomic E-state index is 0.0135. The maximum absolute atomic E-state index is 12.7. The van der Waals surface area contributed by atoms with E-state index in [9.17, 15) is 13.2 Å². The van der Waals surface area contributed by atoms with E-state index in [4.69, 9.17) is 15.2 Å². The number of nitrogens with two attached hydrogens (primary N) is 1. The molecule has 0 spiro atoms. The van der Waals surface area contributed by atoms with Crippen molar-refractivity contribution < 1.29 is 22.7 Å². The van der Waals surface area contributed by atoms with Gasteiger partial charge in [0.05, 0.1) is 16.4 Å². The summed E-state index contributed by atoms with van der Waals surface area (Å²) in [4.78, 5) is 11.6. The van der Waals surface area contributed by atoms with E-state index in [-0.39, 0.29) is 29.0 Å². The highest BCUT2D eigenvalue weighted by Crippen LogP contribution is 2.23. The summed E-state index contributed by atoms with van der Waals surface area (Å²) in [6.45, 7) is 3.67. The predicted octanol–water partition coefficient (Wildman–Crippen LogP) is 2.35. The van der Waals surface area contributed by atoms with Crippen molar-refractivity contribution in [2.24, 2.45) is 5.73 Å². The normalized spacial score (nSPS) is 12.4. The number of esters is 1. The molecule has 2 aromatic carbocycles. The molecule has 0 aromatic heterocycles. The molecule has 0 aliphatic carbocycles. The van der Waals surface area contributed by atoms with Gasteiger partial charge in [-0.25, -0.2) is 13.2 Å². The number of carbonyl (C=O) groups is 1. The van der Waals surface area contributed by atoms with Crippen LogP contribution >= 0.6 is 0 Å². The topological polar surface area (TPSA) is 95.7 Å². The third-order valence-corrected chi connectivity index (χ3v) is 5.37. The lowest BCUT2D eigenvalue weighted by Crippen LogP contribution is -2.17. The van der Waals surface area contributed by atoms with Crippen LogP contribution in [-0.4, -0.2) is 33.6 Å². The second-order valence-corrected chi connectivity index (χ2v) is 7.84. The van der Waals surface area contributed by atoms with Gasteiger partial charge in [0.15, 0.2) is 6.61 Å². The van der Waals surface area contributed by atoms with Crippen LogP contribution < -0.4 is 10.5 Å². The van der Waals surface area contributed by atoms with Gasteiger partial charge in [0.25, 0.3) is 0 Å². The van der Waals surface area contributed by atoms with Crippen LogP contribution in [0.2, 0.25) is 0 Å². The average Bonchev–Trinajstić information content (AvgIpc) is 2.60. The standard InChI is InChI=1S/C19H23NO5S/c1-3-24-19(21)13-25-16-6-10-18(11-7-16)26(22,23)17-8-4-15(5-9-17)12-14(2)20/h4-11,14H,3,12-13,20H2,1-2H3/t14-/m1/s1. The molecule has 0 aliphatic heterocycles. The van der Waals surface area contributed by atoms with Gasteiger partial charge >= 0.3 is 5.97 Å². The Morgan fingerprint density at radius 3 is 2.08 bits per heavy atom. The molecule has 0 fully saturated rings. The van der Waals surface area contributed by atoms with E-state index in [0.717, 1.165) is 5.56 Å². The Morgan fingerprint density at radius 2 is 1.58 bits per heavy atom. The van der Waals surface area contributed by atoms with Gasteiger partial charge in [-0.1, -0.05) is 12.1 Å². The van der Waals surface area contributed by atoms with Gasteiger partial charge in [-0.15, -0.1) is 0 Å². The van der Waals surface area contributed by atoms with Crippen LogP contribution in [0.4, 0.5) is 0 Å². The molecule has 2 aromatic rings. The van der Waals surface area contributed by atoms with Crippen LogP contribution in [0, 0.1) is 0 Å². The Morgan fingerprint density at radius 1 is 1.04 bits per heavy atom. The van der Waals surface area contributed by atoms with Gasteiger partial charge in [0.1, 0.15) is 5.75 Å². The third kappa shape index (κ3) is 5.31. The van der Waals surface area contributed by atoms with Gasteiger partial charge < -0.3 is 15.2 Å². The molecule has 0 amide bonds. The molecular weight excluding hydrogens is 354 g/mol. The van der Waals surface area contributed by atoms with E-state index >= 15 is 0 Å². The number of rotatable bonds is 8. The van der Waals surface area contributed by atoms with Gasteiger partial charge in [-0.2, -0.15) is 0 Å². The van der Waals surface area contributed by atoms with Crippen LogP contribution in [0.3, 0.4) is 0 Å². The Hall–Kier alpha value is -2.38. The largest absolute Gasteiger partial charge is 0.482 e. The first kappa shape index (κ1) is 19.9. The first-order valence-corrected chi connectivity index (χ1v) is 9.79. The highest BCUT2D eigenvalue weighted by Gasteiger charge is 2.17. The quantitative estimate of drug-likeness (QED) is 0.710. The Kier molecular flexibility index (Phi) is 6.76. The highest BCUT2D eigenvalue weighted by atomic mass is 32.2. The molecular formula is C19H23NO5S. The van der Waals surface area contributed by atoms with Gasteiger partial charge in [-0.05, 0) is 62.2 Å². The summed E-state index contributed by atoms with van der Waals surface area (Å²) in [5, 5.41) is 0. The molecule has 2 N–H and O–H groups in total. The summed E-state index contributed by atoms with van der Waals surface area (Å²) in [6.07, 6.45) is 0.687. The monoisotopic (exact) mass is 377 g/mol. The lowest BCUT2D eigenvalue weighted by molar-refractivity contribution is -0.145. The molecule has 0 bridgehead atoms. The van der Waals surface area contributed by atoms with E-state index in [1.54, 1.807) is 31.2 Å². The summed E-state index contributed by atoms with van der Waals surface area (Å²) < 4.78 is 35.4. The zero-order valence-electron chi connectivity index (χ0n) is 14.8. The first-order chi connectivity index (χ1) is 12.3. The van der Waals surface area contributed by atoms with Crippen molar-refractivity contribution in [3.05, 3.63) is 54.1 Å². The molecule has 140 valence electrons. The molecule has 0 saturated heterocycles. The molecule has 0 radical (unpaired) electrons. The molecule has 0 unspecified atom stereocenters. The van der Waals surface area contributed by atoms with Crippen LogP contribution in [0.1, 0.15) is 19.4 Å². The van der Waals surface area contributed by atoms with Crippen LogP contribution in [0.15, 0.2) is 58.3 Å². The van der Waals surface area contributed by atoms with Crippen molar-refractivity contribution in [3.8, 4) is 5.75 Å². The van der Waals surface area contributed by atoms with Crippen molar-refractivity contribution in [2.45, 2.75) is 36.1 Å². The zero-order chi connectivity index (χ0) is 19.2. The number of carbonyl (C=O) groups excluding carboxylic acids is 1. The van der Waals surface area contributed by atoms with Crippen LogP contribution in [0.25, 0.3) is 0 Å². The SMILES string of the molecule is CCOC(=O)COc1ccc(S(=O)(=O)c2ccc(C[C@@H](C)N)cc2)cc1. The van der Waals surface area contributed by atoms with E-state index in [1.807, 2.05) is 6.92 Å². The second kappa shape index (κ2) is 8.82. The molecule has 0 heterocycles. The highest BCUT2D eigenvalue weighted by molar-refractivity contribution is 7.91. The maximum Gasteiger partial charge on any atom is 0.344 e. The van der Waals surface area contributed by atoms with E-state index < -0.39 is 15.8 Å². The first-order valence-electron chi connectivity index (χ1n) is 8.31. The van der Waals surface area contributed by atoms with Gasteiger partial charge in [0.2, 0.25) is 9.84 Å². The van der Waals surface area contributed by atoms with Gasteiger partial charge in [0, 0.05) is 6.04 Å². The maximum atomic E-state index is 12.7. The smallest absolute Gasteiger partial charge is 0.344 e. The molecule has 26 heavy (non-hydrogen) atoms. The number of benzene rings is 2. The van der Waals surface area contributed by atoms with Crippen molar-refractivity contribution >= 4 is 15.8 Å². The zero-order valence-corrected chi connectivity index (χ0v) is 15.7. The average molecular weight is 377 g/mol. The van der Waals surface area contributed by atoms with Crippen molar-refractivity contribution in [1.29, 1.82) is 0 Å². The number of hydrogen-bond acceptors (Lipinski definition) is 6. The van der Waals surface area contributed by atoms with Crippen molar-refractivity contribution in [3.63, 3.8) is 0 Å². The van der Waals surface area contributed by atoms with Crippen molar-refractivity contribution in [2.75, 3.05) is 13.2 Å². The minimum Gasteiger partial charge on any atom is -0.482 e. The number of sulfone groups is 1. The fourth-order valence-electron chi connectivity index (χ4n) is 2.37. The summed E-state index contributed by atoms with van der Waals surface area (Å²) in [7, 11) is -3.62. The van der Waals surface area contributed by atoms with E-state index in [0.29, 0.717) is 12.2 Å². The second-order valence-electron chi connectivity index (χ2n) is 5.89. The molecule has 1 atom stereocenters. The van der Waals surface area contributed by atoms with Crippen molar-refractivity contribution in [1.82, 2.24) is 0 Å². The lowest BCUT2D eigenvalue weighted by atomic mass is 10.1. The summed E-state index contributed by atoms with van der Waals surface area (Å²) in [5.74, 6) is -0.0830. The fraction of sp³-hybridized carbons (Fsp3) is 0.316. The Balaban J connectivity index is 2.10. The summed E-state index contributed by atoms with van der Waals surface area (Å²) in [5.41, 5.74) is 6.74. The van der Waals surface area contributed by atoms with Crippen LogP contribution in [0.5, 0.6) is 5.75 Å². The van der Waals surface area contributed by atoms with Crippen LogP contribution in [-0.2, 0) is 25.8 Å². The molecule has 0 saturated carbocycles. The molecule has 0 aliphatic rings.